The number of amides is 1. The average Bonchev–Trinajstić information content (AvgIpc) is 2.93. The fourth-order valence-electron chi connectivity index (χ4n) is 3.95. The molecule has 4 heteroatoms. The summed E-state index contributed by atoms with van der Waals surface area (Å²) >= 11 is 0. The molecule has 2 unspecified atom stereocenters. The highest BCUT2D eigenvalue weighted by Crippen LogP contribution is 2.27. The molecule has 2 N–H and O–H groups in total. The van der Waals surface area contributed by atoms with Gasteiger partial charge in [-0.15, -0.1) is 0 Å². The Labute approximate surface area is 116 Å². The van der Waals surface area contributed by atoms with Crippen molar-refractivity contribution in [3.8, 4) is 0 Å². The molecule has 3 saturated heterocycles. The summed E-state index contributed by atoms with van der Waals surface area (Å²) in [5.74, 6) is 0.982. The minimum absolute atomic E-state index is 0.0499. The van der Waals surface area contributed by atoms with Gasteiger partial charge < -0.3 is 15.5 Å². The summed E-state index contributed by atoms with van der Waals surface area (Å²) < 4.78 is 0. The molecule has 0 radical (unpaired) electrons. The Morgan fingerprint density at radius 2 is 1.84 bits per heavy atom. The molecular formula is C15H27N3O. The van der Waals surface area contributed by atoms with Crippen molar-refractivity contribution in [3.05, 3.63) is 0 Å². The predicted octanol–water partition coefficient (Wildman–Crippen LogP) is 1.12. The number of hydrogen-bond donors (Lipinski definition) is 2. The molecule has 19 heavy (non-hydrogen) atoms. The van der Waals surface area contributed by atoms with Crippen LogP contribution in [-0.2, 0) is 4.79 Å². The first-order chi connectivity index (χ1) is 9.22. The van der Waals surface area contributed by atoms with Crippen LogP contribution in [0.4, 0.5) is 0 Å². The first-order valence-corrected chi connectivity index (χ1v) is 8.01. The van der Waals surface area contributed by atoms with E-state index in [0.29, 0.717) is 12.1 Å². The van der Waals surface area contributed by atoms with Crippen molar-refractivity contribution in [2.75, 3.05) is 19.6 Å². The zero-order chi connectivity index (χ0) is 13.2. The van der Waals surface area contributed by atoms with E-state index in [-0.39, 0.29) is 11.9 Å². The number of nitrogens with zero attached hydrogens (tertiary/aromatic N) is 1. The van der Waals surface area contributed by atoms with Gasteiger partial charge in [-0.3, -0.25) is 4.79 Å². The van der Waals surface area contributed by atoms with Crippen molar-refractivity contribution >= 4 is 5.91 Å². The number of rotatable bonds is 4. The van der Waals surface area contributed by atoms with Gasteiger partial charge >= 0.3 is 0 Å². The Morgan fingerprint density at radius 3 is 2.42 bits per heavy atom. The quantitative estimate of drug-likeness (QED) is 0.800. The van der Waals surface area contributed by atoms with Gasteiger partial charge in [-0.05, 0) is 51.6 Å². The third-order valence-electron chi connectivity index (χ3n) is 5.22. The highest BCUT2D eigenvalue weighted by Gasteiger charge is 2.35. The molecule has 4 nitrogen and oxygen atoms in total. The molecule has 4 rings (SSSR count). The molecule has 0 aromatic carbocycles. The molecule has 1 aliphatic carbocycles. The van der Waals surface area contributed by atoms with E-state index in [0.717, 1.165) is 25.3 Å². The summed E-state index contributed by atoms with van der Waals surface area (Å²) in [4.78, 5) is 14.7. The molecule has 2 bridgehead atoms. The lowest BCUT2D eigenvalue weighted by Gasteiger charge is -2.45. The largest absolute Gasteiger partial charge is 0.352 e. The molecule has 1 amide bonds. The van der Waals surface area contributed by atoms with E-state index >= 15 is 0 Å². The van der Waals surface area contributed by atoms with E-state index in [4.69, 9.17) is 0 Å². The lowest BCUT2D eigenvalue weighted by atomic mass is 9.83. The molecule has 0 spiro atoms. The van der Waals surface area contributed by atoms with Gasteiger partial charge in [0.1, 0.15) is 0 Å². The van der Waals surface area contributed by atoms with Gasteiger partial charge in [-0.1, -0.05) is 12.8 Å². The van der Waals surface area contributed by atoms with Crippen LogP contribution in [0.5, 0.6) is 0 Å². The second-order valence-corrected chi connectivity index (χ2v) is 6.62. The van der Waals surface area contributed by atoms with Crippen LogP contribution in [0, 0.1) is 5.92 Å². The summed E-state index contributed by atoms with van der Waals surface area (Å²) in [6.45, 7) is 5.66. The van der Waals surface area contributed by atoms with Crippen LogP contribution in [0.25, 0.3) is 0 Å². The summed E-state index contributed by atoms with van der Waals surface area (Å²) in [5.41, 5.74) is 0. The number of fused-ring (bicyclic) bond motifs is 3. The van der Waals surface area contributed by atoms with Crippen LogP contribution < -0.4 is 10.6 Å². The lowest BCUT2D eigenvalue weighted by molar-refractivity contribution is -0.124. The van der Waals surface area contributed by atoms with Crippen LogP contribution in [0.3, 0.4) is 0 Å². The van der Waals surface area contributed by atoms with E-state index < -0.39 is 0 Å². The summed E-state index contributed by atoms with van der Waals surface area (Å²) in [5, 5.41) is 6.77. The minimum Gasteiger partial charge on any atom is -0.352 e. The van der Waals surface area contributed by atoms with Crippen molar-refractivity contribution in [1.82, 2.24) is 15.5 Å². The third-order valence-corrected chi connectivity index (χ3v) is 5.22. The number of piperidine rings is 3. The van der Waals surface area contributed by atoms with Crippen molar-refractivity contribution < 1.29 is 4.79 Å². The number of carbonyl (C=O) groups is 1. The summed E-state index contributed by atoms with van der Waals surface area (Å²) in [7, 11) is 0. The molecular weight excluding hydrogens is 238 g/mol. The Morgan fingerprint density at radius 1 is 1.16 bits per heavy atom. The highest BCUT2D eigenvalue weighted by molar-refractivity contribution is 5.81. The third kappa shape index (κ3) is 3.11. The zero-order valence-electron chi connectivity index (χ0n) is 12.0. The molecule has 108 valence electrons. The van der Waals surface area contributed by atoms with Gasteiger partial charge in [0.2, 0.25) is 5.91 Å². The van der Waals surface area contributed by atoms with E-state index in [2.05, 4.69) is 15.5 Å². The van der Waals surface area contributed by atoms with E-state index in [9.17, 15) is 4.79 Å². The molecule has 0 aromatic rings. The van der Waals surface area contributed by atoms with Gasteiger partial charge in [-0.25, -0.2) is 0 Å². The van der Waals surface area contributed by atoms with Crippen LogP contribution >= 0.6 is 0 Å². The molecule has 3 aliphatic heterocycles. The zero-order valence-corrected chi connectivity index (χ0v) is 12.0. The lowest BCUT2D eigenvalue weighted by Crippen LogP contribution is -2.60. The fourth-order valence-corrected chi connectivity index (χ4v) is 3.95. The Bertz CT molecular complexity index is 319. The van der Waals surface area contributed by atoms with Crippen molar-refractivity contribution in [1.29, 1.82) is 0 Å². The van der Waals surface area contributed by atoms with Gasteiger partial charge in [0.15, 0.2) is 0 Å². The summed E-state index contributed by atoms with van der Waals surface area (Å²) in [6.07, 6.45) is 7.47. The standard InChI is InChI=1S/C15H27N3O/c1-11(15(19)17-13-4-2-3-5-13)16-14-10-18-8-6-12(14)7-9-18/h11-14,16H,2-10H2,1H3,(H,17,19). The average molecular weight is 265 g/mol. The summed E-state index contributed by atoms with van der Waals surface area (Å²) in [6, 6.07) is 0.904. The molecule has 4 fully saturated rings. The second kappa shape index (κ2) is 5.80. The van der Waals surface area contributed by atoms with E-state index in [1.165, 1.54) is 38.8 Å². The van der Waals surface area contributed by atoms with Crippen LogP contribution in [0.2, 0.25) is 0 Å². The first-order valence-electron chi connectivity index (χ1n) is 8.01. The predicted molar refractivity (Wildman–Crippen MR) is 75.9 cm³/mol. The van der Waals surface area contributed by atoms with E-state index in [1.54, 1.807) is 0 Å². The number of hydrogen-bond acceptors (Lipinski definition) is 3. The number of carbonyl (C=O) groups excluding carboxylic acids is 1. The molecule has 2 atom stereocenters. The highest BCUT2D eigenvalue weighted by atomic mass is 16.2. The van der Waals surface area contributed by atoms with Gasteiger partial charge in [0.05, 0.1) is 6.04 Å². The Hall–Kier alpha value is -0.610. The maximum Gasteiger partial charge on any atom is 0.237 e. The molecule has 0 aromatic heterocycles. The van der Waals surface area contributed by atoms with Crippen molar-refractivity contribution in [2.45, 2.75) is 63.6 Å². The fraction of sp³-hybridized carbons (Fsp3) is 0.933. The number of nitrogens with one attached hydrogen (secondary N) is 2. The van der Waals surface area contributed by atoms with Gasteiger partial charge in [0, 0.05) is 18.6 Å². The molecule has 4 aliphatic rings. The van der Waals surface area contributed by atoms with Gasteiger partial charge in [-0.2, -0.15) is 0 Å². The maximum absolute atomic E-state index is 12.2. The SMILES string of the molecule is CC(NC1CN2CCC1CC2)C(=O)NC1CCCC1. The maximum atomic E-state index is 12.2. The topological polar surface area (TPSA) is 44.4 Å². The van der Waals surface area contributed by atoms with Crippen LogP contribution in [0.15, 0.2) is 0 Å². The van der Waals surface area contributed by atoms with E-state index in [1.807, 2.05) is 6.92 Å². The molecule has 3 heterocycles. The van der Waals surface area contributed by atoms with Crippen LogP contribution in [0.1, 0.15) is 45.4 Å². The monoisotopic (exact) mass is 265 g/mol. The minimum atomic E-state index is -0.0499. The van der Waals surface area contributed by atoms with Crippen molar-refractivity contribution in [2.24, 2.45) is 5.92 Å². The Kier molecular flexibility index (Phi) is 4.08. The van der Waals surface area contributed by atoms with Crippen LogP contribution in [-0.4, -0.2) is 48.6 Å². The van der Waals surface area contributed by atoms with Crippen molar-refractivity contribution in [3.63, 3.8) is 0 Å². The Balaban J connectivity index is 1.47. The normalized spacial score (nSPS) is 36.4. The van der Waals surface area contributed by atoms with Gasteiger partial charge in [0.25, 0.3) is 0 Å². The molecule has 1 saturated carbocycles. The first kappa shape index (κ1) is 13.4. The second-order valence-electron chi connectivity index (χ2n) is 6.62. The smallest absolute Gasteiger partial charge is 0.237 e.